The molecule has 2 bridgehead atoms. The number of esters is 1. The minimum atomic E-state index is -0.287. The first-order chi connectivity index (χ1) is 13.7. The third-order valence-corrected chi connectivity index (χ3v) is 5.44. The van der Waals surface area contributed by atoms with Crippen LogP contribution in [0.5, 0.6) is 17.2 Å². The Morgan fingerprint density at radius 1 is 0.964 bits per heavy atom. The number of hydrogen-bond donors (Lipinski definition) is 0. The lowest BCUT2D eigenvalue weighted by molar-refractivity contribution is -0.139. The molecule has 3 atom stereocenters. The van der Waals surface area contributed by atoms with Gasteiger partial charge >= 0.3 is 5.97 Å². The molecule has 2 aromatic rings. The quantitative estimate of drug-likeness (QED) is 0.376. The lowest BCUT2D eigenvalue weighted by atomic mass is 9.95. The second-order valence-electron chi connectivity index (χ2n) is 7.35. The summed E-state index contributed by atoms with van der Waals surface area (Å²) in [5.74, 6) is 3.75. The average molecular weight is 376 g/mol. The van der Waals surface area contributed by atoms with E-state index >= 15 is 0 Å². The number of allylic oxidation sites excluding steroid dienone is 2. The Kier molecular flexibility index (Phi) is 5.47. The number of carbonyl (C=O) groups excluding carboxylic acids is 1. The number of ether oxygens (including phenoxy) is 3. The van der Waals surface area contributed by atoms with Gasteiger partial charge in [0, 0.05) is 6.08 Å². The average Bonchev–Trinajstić information content (AvgIpc) is 3.36. The van der Waals surface area contributed by atoms with E-state index in [4.69, 9.17) is 14.2 Å². The van der Waals surface area contributed by atoms with E-state index in [1.54, 1.807) is 13.2 Å². The monoisotopic (exact) mass is 376 g/mol. The van der Waals surface area contributed by atoms with Crippen LogP contribution in [-0.2, 0) is 9.53 Å². The summed E-state index contributed by atoms with van der Waals surface area (Å²) in [6.07, 6.45) is 10.2. The van der Waals surface area contributed by atoms with E-state index in [2.05, 4.69) is 12.2 Å². The van der Waals surface area contributed by atoms with Crippen LogP contribution in [0.4, 0.5) is 0 Å². The summed E-state index contributed by atoms with van der Waals surface area (Å²) < 4.78 is 16.4. The van der Waals surface area contributed by atoms with Crippen molar-refractivity contribution in [2.45, 2.75) is 12.8 Å². The van der Waals surface area contributed by atoms with Crippen LogP contribution < -0.4 is 9.47 Å². The molecule has 2 aromatic carbocycles. The minimum absolute atomic E-state index is 0.287. The van der Waals surface area contributed by atoms with E-state index in [0.29, 0.717) is 24.4 Å². The lowest BCUT2D eigenvalue weighted by Crippen LogP contribution is -2.16. The number of hydrogen-bond acceptors (Lipinski definition) is 4. The first kappa shape index (κ1) is 18.4. The molecule has 0 amide bonds. The molecule has 4 nitrogen and oxygen atoms in total. The van der Waals surface area contributed by atoms with Gasteiger partial charge in [-0.1, -0.05) is 24.3 Å². The van der Waals surface area contributed by atoms with E-state index in [1.807, 2.05) is 48.5 Å². The van der Waals surface area contributed by atoms with Crippen molar-refractivity contribution in [1.29, 1.82) is 0 Å². The minimum Gasteiger partial charge on any atom is -0.497 e. The molecule has 4 heteroatoms. The second-order valence-corrected chi connectivity index (χ2v) is 7.35. The highest BCUT2D eigenvalue weighted by Crippen LogP contribution is 2.43. The molecule has 144 valence electrons. The summed E-state index contributed by atoms with van der Waals surface area (Å²) in [5, 5.41) is 0. The maximum atomic E-state index is 12.0. The molecule has 0 spiro atoms. The smallest absolute Gasteiger partial charge is 0.330 e. The molecule has 2 aliphatic rings. The maximum Gasteiger partial charge on any atom is 0.330 e. The fourth-order valence-electron chi connectivity index (χ4n) is 3.91. The Morgan fingerprint density at radius 3 is 2.25 bits per heavy atom. The number of benzene rings is 2. The van der Waals surface area contributed by atoms with Gasteiger partial charge in [0.1, 0.15) is 17.2 Å². The van der Waals surface area contributed by atoms with Crippen molar-refractivity contribution >= 4 is 12.0 Å². The number of fused-ring (bicyclic) bond motifs is 2. The van der Waals surface area contributed by atoms with Crippen molar-refractivity contribution in [2.75, 3.05) is 13.7 Å². The zero-order valence-electron chi connectivity index (χ0n) is 15.9. The third kappa shape index (κ3) is 4.45. The topological polar surface area (TPSA) is 44.8 Å². The summed E-state index contributed by atoms with van der Waals surface area (Å²) in [5.41, 5.74) is 0.918. The summed E-state index contributed by atoms with van der Waals surface area (Å²) in [6, 6.07) is 15.0. The van der Waals surface area contributed by atoms with Crippen molar-refractivity contribution in [3.63, 3.8) is 0 Å². The van der Waals surface area contributed by atoms with Gasteiger partial charge in [-0.25, -0.2) is 4.79 Å². The van der Waals surface area contributed by atoms with E-state index < -0.39 is 0 Å². The Morgan fingerprint density at radius 2 is 1.64 bits per heavy atom. The van der Waals surface area contributed by atoms with Gasteiger partial charge < -0.3 is 14.2 Å². The van der Waals surface area contributed by atoms with Gasteiger partial charge in [-0.2, -0.15) is 0 Å². The molecule has 0 heterocycles. The van der Waals surface area contributed by atoms with Crippen LogP contribution in [0.1, 0.15) is 18.4 Å². The molecule has 2 aliphatic carbocycles. The van der Waals surface area contributed by atoms with Gasteiger partial charge in [0.2, 0.25) is 0 Å². The van der Waals surface area contributed by atoms with Crippen LogP contribution in [0.2, 0.25) is 0 Å². The summed E-state index contributed by atoms with van der Waals surface area (Å²) in [4.78, 5) is 12.0. The molecule has 28 heavy (non-hydrogen) atoms. The molecule has 4 rings (SSSR count). The van der Waals surface area contributed by atoms with E-state index in [0.717, 1.165) is 29.2 Å². The van der Waals surface area contributed by atoms with Crippen molar-refractivity contribution in [1.82, 2.24) is 0 Å². The van der Waals surface area contributed by atoms with Gasteiger partial charge in [0.15, 0.2) is 0 Å². The Balaban J connectivity index is 1.26. The molecule has 3 unspecified atom stereocenters. The molecule has 0 N–H and O–H groups in total. The highest BCUT2D eigenvalue weighted by molar-refractivity contribution is 5.87. The largest absolute Gasteiger partial charge is 0.497 e. The summed E-state index contributed by atoms with van der Waals surface area (Å²) in [6.45, 7) is 0.517. The number of methoxy groups -OCH3 is 1. The van der Waals surface area contributed by atoms with Crippen molar-refractivity contribution in [2.24, 2.45) is 17.8 Å². The summed E-state index contributed by atoms with van der Waals surface area (Å²) in [7, 11) is 1.63. The molecule has 0 aliphatic heterocycles. The molecule has 1 saturated carbocycles. The predicted octanol–water partition coefficient (Wildman–Crippen LogP) is 5.26. The van der Waals surface area contributed by atoms with Gasteiger partial charge in [0.25, 0.3) is 0 Å². The molecule has 0 aromatic heterocycles. The molecule has 0 radical (unpaired) electrons. The van der Waals surface area contributed by atoms with Gasteiger partial charge in [-0.3, -0.25) is 0 Å². The van der Waals surface area contributed by atoms with Crippen LogP contribution >= 0.6 is 0 Å². The van der Waals surface area contributed by atoms with Crippen LogP contribution in [0.25, 0.3) is 6.08 Å². The molecular weight excluding hydrogens is 352 g/mol. The molecular formula is C24H24O4. The van der Waals surface area contributed by atoms with Crippen molar-refractivity contribution in [3.05, 3.63) is 72.3 Å². The Bertz CT molecular complexity index is 864. The molecule has 1 fully saturated rings. The van der Waals surface area contributed by atoms with Gasteiger partial charge in [0.05, 0.1) is 13.7 Å². The first-order valence-corrected chi connectivity index (χ1v) is 9.65. The predicted molar refractivity (Wildman–Crippen MR) is 108 cm³/mol. The lowest BCUT2D eigenvalue weighted by Gasteiger charge is -2.17. The highest BCUT2D eigenvalue weighted by Gasteiger charge is 2.35. The highest BCUT2D eigenvalue weighted by atomic mass is 16.5. The van der Waals surface area contributed by atoms with E-state index in [1.165, 1.54) is 12.5 Å². The fraction of sp³-hybridized carbons (Fsp3) is 0.292. The van der Waals surface area contributed by atoms with Crippen molar-refractivity contribution < 1.29 is 19.0 Å². The number of rotatable bonds is 7. The van der Waals surface area contributed by atoms with Gasteiger partial charge in [-0.05, 0) is 78.6 Å². The first-order valence-electron chi connectivity index (χ1n) is 9.65. The normalized spacial score (nSPS) is 22.5. The summed E-state index contributed by atoms with van der Waals surface area (Å²) >= 11 is 0. The zero-order chi connectivity index (χ0) is 19.3. The van der Waals surface area contributed by atoms with Crippen LogP contribution in [0.15, 0.2) is 66.8 Å². The SMILES string of the molecule is COc1ccc(Oc2ccc(/C=C/C(=O)OCC3CC4C=CC3C4)cc2)cc1. The molecule has 0 saturated heterocycles. The van der Waals surface area contributed by atoms with E-state index in [9.17, 15) is 4.79 Å². The van der Waals surface area contributed by atoms with Crippen LogP contribution in [0.3, 0.4) is 0 Å². The third-order valence-electron chi connectivity index (χ3n) is 5.44. The van der Waals surface area contributed by atoms with E-state index in [-0.39, 0.29) is 5.97 Å². The maximum absolute atomic E-state index is 12.0. The van der Waals surface area contributed by atoms with Crippen LogP contribution in [0, 0.1) is 17.8 Å². The fourth-order valence-corrected chi connectivity index (χ4v) is 3.91. The second kappa shape index (κ2) is 8.34. The number of carbonyl (C=O) groups is 1. The van der Waals surface area contributed by atoms with Gasteiger partial charge in [-0.15, -0.1) is 0 Å². The standard InChI is InChI=1S/C24H24O4/c1-26-21-9-11-23(12-10-21)28-22-7-3-17(4-8-22)5-13-24(25)27-16-20-15-18-2-6-19(20)14-18/h2-13,18-20H,14-16H2,1H3/b13-5+. The Hall–Kier alpha value is -3.01. The zero-order valence-corrected chi connectivity index (χ0v) is 15.9. The Labute approximate surface area is 165 Å². The van der Waals surface area contributed by atoms with Crippen LogP contribution in [-0.4, -0.2) is 19.7 Å². The van der Waals surface area contributed by atoms with Crippen molar-refractivity contribution in [3.8, 4) is 17.2 Å².